The van der Waals surface area contributed by atoms with Crippen LogP contribution in [0.5, 0.6) is 0 Å². The lowest BCUT2D eigenvalue weighted by Crippen LogP contribution is -2.40. The van der Waals surface area contributed by atoms with Gasteiger partial charge < -0.3 is 10.1 Å². The number of aliphatic imine (C=N–C) groups is 2. The number of fused-ring (bicyclic) bond motifs is 1. The summed E-state index contributed by atoms with van der Waals surface area (Å²) in [5, 5.41) is 4.92. The molecule has 1 unspecified atom stereocenters. The highest BCUT2D eigenvalue weighted by atomic mass is 19.4. The van der Waals surface area contributed by atoms with Gasteiger partial charge >= 0.3 is 12.3 Å². The molecule has 152 valence electrons. The third kappa shape index (κ3) is 4.49. The van der Waals surface area contributed by atoms with E-state index in [4.69, 9.17) is 4.74 Å². The van der Waals surface area contributed by atoms with Crippen LogP contribution in [0.2, 0.25) is 0 Å². The largest absolute Gasteiger partial charge is 0.438 e. The topological polar surface area (TPSA) is 92.1 Å². The Balaban J connectivity index is 2.53. The lowest BCUT2D eigenvalue weighted by Gasteiger charge is -2.34. The number of carbonyl (C=O) groups excluding carboxylic acids is 2. The van der Waals surface area contributed by atoms with E-state index in [0.717, 1.165) is 6.07 Å². The Bertz CT molecular complexity index is 860. The molecule has 1 aliphatic rings. The minimum atomic E-state index is -4.68. The third-order valence-corrected chi connectivity index (χ3v) is 4.28. The molecule has 0 aliphatic carbocycles. The van der Waals surface area contributed by atoms with Crippen molar-refractivity contribution in [3.05, 3.63) is 28.8 Å². The number of ether oxygens (including phenoxy) is 1. The molecule has 1 atom stereocenters. The molecule has 0 bridgehead atoms. The SMILES string of the molecule is CN=CN=C(C)C(C)NC(=O)c1cc(C(F)(F)F)cc2c1NC(=O)OC2(C)C. The Morgan fingerprint density at radius 1 is 1.36 bits per heavy atom. The van der Waals surface area contributed by atoms with E-state index >= 15 is 0 Å². The van der Waals surface area contributed by atoms with Crippen molar-refractivity contribution in [2.45, 2.75) is 45.5 Å². The standard InChI is InChI=1S/C18H21F3N4O3/c1-9(23-8-22-5)10(2)24-15(26)12-6-11(18(19,20)21)7-13-14(12)25-16(27)28-17(13,3)4/h6-8,10H,1-5H3,(H,24,26)(H,25,27). The predicted octanol–water partition coefficient (Wildman–Crippen LogP) is 3.74. The maximum atomic E-state index is 13.4. The molecular weight excluding hydrogens is 377 g/mol. The molecule has 1 aromatic rings. The fourth-order valence-corrected chi connectivity index (χ4v) is 2.65. The predicted molar refractivity (Wildman–Crippen MR) is 99.0 cm³/mol. The van der Waals surface area contributed by atoms with Crippen LogP contribution in [0.25, 0.3) is 0 Å². The molecule has 0 saturated heterocycles. The van der Waals surface area contributed by atoms with Gasteiger partial charge in [-0.05, 0) is 39.8 Å². The molecule has 1 aromatic carbocycles. The van der Waals surface area contributed by atoms with Gasteiger partial charge in [0.25, 0.3) is 5.91 Å². The molecule has 0 spiro atoms. The Labute approximate surface area is 160 Å². The molecule has 1 aliphatic heterocycles. The molecule has 1 heterocycles. The first-order valence-electron chi connectivity index (χ1n) is 8.38. The number of benzene rings is 1. The molecule has 7 nitrogen and oxygen atoms in total. The second-order valence-corrected chi connectivity index (χ2v) is 6.81. The first kappa shape index (κ1) is 21.4. The van der Waals surface area contributed by atoms with Crippen LogP contribution in [-0.2, 0) is 16.5 Å². The highest BCUT2D eigenvalue weighted by molar-refractivity contribution is 6.06. The van der Waals surface area contributed by atoms with E-state index in [1.165, 1.54) is 27.2 Å². The molecule has 28 heavy (non-hydrogen) atoms. The third-order valence-electron chi connectivity index (χ3n) is 4.28. The Morgan fingerprint density at radius 3 is 2.57 bits per heavy atom. The molecule has 2 amide bonds. The summed E-state index contributed by atoms with van der Waals surface area (Å²) in [5.74, 6) is -0.782. The van der Waals surface area contributed by atoms with Crippen LogP contribution in [-0.4, -0.2) is 37.1 Å². The van der Waals surface area contributed by atoms with Crippen molar-refractivity contribution >= 4 is 29.7 Å². The van der Waals surface area contributed by atoms with Gasteiger partial charge in [-0.25, -0.2) is 9.79 Å². The molecule has 2 N–H and O–H groups in total. The van der Waals surface area contributed by atoms with Crippen molar-refractivity contribution in [1.82, 2.24) is 5.32 Å². The van der Waals surface area contributed by atoms with E-state index in [2.05, 4.69) is 20.6 Å². The summed E-state index contributed by atoms with van der Waals surface area (Å²) in [6.07, 6.45) is -4.23. The molecule has 0 fully saturated rings. The number of anilines is 1. The van der Waals surface area contributed by atoms with Gasteiger partial charge in [0.05, 0.1) is 22.9 Å². The van der Waals surface area contributed by atoms with Crippen molar-refractivity contribution in [2.24, 2.45) is 9.98 Å². The maximum absolute atomic E-state index is 13.4. The lowest BCUT2D eigenvalue weighted by atomic mass is 9.89. The van der Waals surface area contributed by atoms with Gasteiger partial charge in [-0.2, -0.15) is 13.2 Å². The number of rotatable bonds is 4. The van der Waals surface area contributed by atoms with Gasteiger partial charge in [0.2, 0.25) is 0 Å². The number of cyclic esters (lactones) is 1. The van der Waals surface area contributed by atoms with Crippen LogP contribution in [0, 0.1) is 0 Å². The highest BCUT2D eigenvalue weighted by Gasteiger charge is 2.40. The van der Waals surface area contributed by atoms with Gasteiger partial charge in [0.15, 0.2) is 0 Å². The van der Waals surface area contributed by atoms with Crippen LogP contribution >= 0.6 is 0 Å². The number of alkyl halides is 3. The molecule has 10 heteroatoms. The first-order valence-corrected chi connectivity index (χ1v) is 8.38. The summed E-state index contributed by atoms with van der Waals surface area (Å²) in [4.78, 5) is 32.3. The van der Waals surface area contributed by atoms with E-state index < -0.39 is 35.4 Å². The van der Waals surface area contributed by atoms with E-state index in [0.29, 0.717) is 11.8 Å². The number of nitrogens with one attached hydrogen (secondary N) is 2. The van der Waals surface area contributed by atoms with Crippen molar-refractivity contribution in [1.29, 1.82) is 0 Å². The quantitative estimate of drug-likeness (QED) is 0.598. The fourth-order valence-electron chi connectivity index (χ4n) is 2.65. The average Bonchev–Trinajstić information content (AvgIpc) is 2.56. The van der Waals surface area contributed by atoms with Crippen molar-refractivity contribution in [3.63, 3.8) is 0 Å². The Kier molecular flexibility index (Phi) is 5.81. The van der Waals surface area contributed by atoms with E-state index in [1.54, 1.807) is 13.8 Å². The molecular formula is C18H21F3N4O3. The van der Waals surface area contributed by atoms with Crippen LogP contribution < -0.4 is 10.6 Å². The summed E-state index contributed by atoms with van der Waals surface area (Å²) in [5.41, 5.74) is -2.10. The number of halogens is 3. The summed E-state index contributed by atoms with van der Waals surface area (Å²) in [6.45, 7) is 6.19. The highest BCUT2D eigenvalue weighted by Crippen LogP contribution is 2.42. The minimum Gasteiger partial charge on any atom is -0.438 e. The minimum absolute atomic E-state index is 0.0105. The fraction of sp³-hybridized carbons (Fsp3) is 0.444. The molecule has 2 rings (SSSR count). The number of nitrogens with zero attached hydrogens (tertiary/aromatic N) is 2. The monoisotopic (exact) mass is 398 g/mol. The summed E-state index contributed by atoms with van der Waals surface area (Å²) in [7, 11) is 1.53. The van der Waals surface area contributed by atoms with E-state index in [-0.39, 0.29) is 16.8 Å². The molecule has 0 radical (unpaired) electrons. The van der Waals surface area contributed by atoms with Crippen LogP contribution in [0.4, 0.5) is 23.7 Å². The van der Waals surface area contributed by atoms with E-state index in [9.17, 15) is 22.8 Å². The van der Waals surface area contributed by atoms with Crippen LogP contribution in [0.3, 0.4) is 0 Å². The molecule has 0 saturated carbocycles. The zero-order chi connectivity index (χ0) is 21.3. The van der Waals surface area contributed by atoms with Crippen LogP contribution in [0.1, 0.15) is 49.2 Å². The summed E-state index contributed by atoms with van der Waals surface area (Å²) in [6, 6.07) is 1.02. The van der Waals surface area contributed by atoms with Gasteiger partial charge in [-0.3, -0.25) is 15.1 Å². The average molecular weight is 398 g/mol. The second-order valence-electron chi connectivity index (χ2n) is 6.81. The first-order chi connectivity index (χ1) is 12.9. The lowest BCUT2D eigenvalue weighted by molar-refractivity contribution is -0.137. The summed E-state index contributed by atoms with van der Waals surface area (Å²) < 4.78 is 45.2. The van der Waals surface area contributed by atoms with Gasteiger partial charge in [0, 0.05) is 18.3 Å². The number of hydrogen-bond acceptors (Lipinski definition) is 4. The van der Waals surface area contributed by atoms with Crippen LogP contribution in [0.15, 0.2) is 22.1 Å². The zero-order valence-electron chi connectivity index (χ0n) is 16.1. The number of hydrogen-bond donors (Lipinski definition) is 2. The van der Waals surface area contributed by atoms with E-state index in [1.807, 2.05) is 0 Å². The van der Waals surface area contributed by atoms with Gasteiger partial charge in [-0.15, -0.1) is 0 Å². The Hall–Kier alpha value is -2.91. The van der Waals surface area contributed by atoms with Gasteiger partial charge in [-0.1, -0.05) is 0 Å². The van der Waals surface area contributed by atoms with Crippen molar-refractivity contribution < 1.29 is 27.5 Å². The summed E-state index contributed by atoms with van der Waals surface area (Å²) >= 11 is 0. The van der Waals surface area contributed by atoms with Gasteiger partial charge in [0.1, 0.15) is 11.9 Å². The molecule has 0 aromatic heterocycles. The Morgan fingerprint density at radius 2 is 2.00 bits per heavy atom. The number of amides is 2. The smallest absolute Gasteiger partial charge is 0.416 e. The van der Waals surface area contributed by atoms with Crippen molar-refractivity contribution in [2.75, 3.05) is 12.4 Å². The zero-order valence-corrected chi connectivity index (χ0v) is 16.1. The number of carbonyl (C=O) groups is 2. The maximum Gasteiger partial charge on any atom is 0.416 e. The second kappa shape index (κ2) is 7.61. The normalized spacial score (nSPS) is 17.6. The van der Waals surface area contributed by atoms with Crippen molar-refractivity contribution in [3.8, 4) is 0 Å².